The zero-order chi connectivity index (χ0) is 13.1. The number of hydrogen-bond acceptors (Lipinski definition) is 5. The molecule has 0 fully saturated rings. The fourth-order valence-corrected chi connectivity index (χ4v) is 1.88. The predicted molar refractivity (Wildman–Crippen MR) is 72.5 cm³/mol. The van der Waals surface area contributed by atoms with Gasteiger partial charge in [-0.25, -0.2) is 4.98 Å². The Morgan fingerprint density at radius 2 is 2.18 bits per heavy atom. The smallest absolute Gasteiger partial charge is 0.265 e. The van der Waals surface area contributed by atoms with E-state index in [9.17, 15) is 4.79 Å². The van der Waals surface area contributed by atoms with Gasteiger partial charge < -0.3 is 16.4 Å². The van der Waals surface area contributed by atoms with E-state index < -0.39 is 0 Å². The van der Waals surface area contributed by atoms with Crippen molar-refractivity contribution in [1.29, 1.82) is 0 Å². The van der Waals surface area contributed by atoms with Gasteiger partial charge in [-0.15, -0.1) is 0 Å². The van der Waals surface area contributed by atoms with Crippen molar-refractivity contribution < 1.29 is 4.79 Å². The molecule has 0 saturated carbocycles. The highest BCUT2D eigenvalue weighted by Crippen LogP contribution is 2.25. The van der Waals surface area contributed by atoms with Crippen LogP contribution < -0.4 is 16.4 Å². The monoisotopic (exact) mass is 256 g/mol. The highest BCUT2D eigenvalue weighted by atomic mass is 32.1. The number of aromatic nitrogens is 1. The fourth-order valence-electron chi connectivity index (χ4n) is 1.13. The summed E-state index contributed by atoms with van der Waals surface area (Å²) < 4.78 is 0. The second-order valence-electron chi connectivity index (χ2n) is 4.68. The van der Waals surface area contributed by atoms with E-state index in [4.69, 9.17) is 5.73 Å². The summed E-state index contributed by atoms with van der Waals surface area (Å²) in [7, 11) is 1.75. The molecule has 0 aromatic carbocycles. The summed E-state index contributed by atoms with van der Waals surface area (Å²) in [6, 6.07) is 0. The largest absolute Gasteiger partial charge is 0.382 e. The number of nitrogens with one attached hydrogen (secondary N) is 2. The summed E-state index contributed by atoms with van der Waals surface area (Å²) >= 11 is 1.27. The number of carbonyl (C=O) groups is 1. The fraction of sp³-hybridized carbons (Fsp3) is 0.636. The summed E-state index contributed by atoms with van der Waals surface area (Å²) in [6.45, 7) is 6.96. The average Bonchev–Trinajstić information content (AvgIpc) is 2.68. The lowest BCUT2D eigenvalue weighted by Gasteiger charge is -2.22. The number of nitrogen functional groups attached to an aromatic ring is 1. The van der Waals surface area contributed by atoms with E-state index in [0.717, 1.165) is 6.42 Å². The van der Waals surface area contributed by atoms with Crippen LogP contribution in [0.5, 0.6) is 0 Å². The third-order valence-corrected chi connectivity index (χ3v) is 3.85. The number of nitrogens with two attached hydrogens (primary N) is 1. The molecule has 4 N–H and O–H groups in total. The van der Waals surface area contributed by atoms with E-state index in [-0.39, 0.29) is 17.1 Å². The van der Waals surface area contributed by atoms with Crippen molar-refractivity contribution in [2.45, 2.75) is 27.2 Å². The standard InChI is InChI=1S/C11H20N4OS/c1-5-11(2,3)6-14-9(16)7-8(12)15-10(13-4)17-7/h5-6,12H2,1-4H3,(H,13,15)(H,14,16). The second kappa shape index (κ2) is 5.35. The molecule has 0 radical (unpaired) electrons. The van der Waals surface area contributed by atoms with Crippen molar-refractivity contribution in [2.24, 2.45) is 5.41 Å². The maximum atomic E-state index is 11.9. The van der Waals surface area contributed by atoms with Crippen LogP contribution in [0.4, 0.5) is 10.9 Å². The third-order valence-electron chi connectivity index (χ3n) is 2.76. The Morgan fingerprint density at radius 3 is 2.65 bits per heavy atom. The lowest BCUT2D eigenvalue weighted by molar-refractivity contribution is 0.0940. The van der Waals surface area contributed by atoms with Gasteiger partial charge in [-0.3, -0.25) is 4.79 Å². The lowest BCUT2D eigenvalue weighted by atomic mass is 9.90. The molecule has 0 atom stereocenters. The molecule has 0 saturated heterocycles. The van der Waals surface area contributed by atoms with E-state index in [2.05, 4.69) is 36.4 Å². The van der Waals surface area contributed by atoms with Gasteiger partial charge in [0.15, 0.2) is 5.13 Å². The van der Waals surface area contributed by atoms with Crippen molar-refractivity contribution >= 4 is 28.2 Å². The first kappa shape index (κ1) is 13.8. The zero-order valence-corrected chi connectivity index (χ0v) is 11.6. The number of rotatable bonds is 5. The van der Waals surface area contributed by atoms with Gasteiger partial charge in [-0.1, -0.05) is 32.1 Å². The van der Waals surface area contributed by atoms with Crippen molar-refractivity contribution in [3.63, 3.8) is 0 Å². The predicted octanol–water partition coefficient (Wildman–Crippen LogP) is 1.93. The van der Waals surface area contributed by atoms with Gasteiger partial charge in [-0.2, -0.15) is 0 Å². The highest BCUT2D eigenvalue weighted by molar-refractivity contribution is 7.18. The second-order valence-corrected chi connectivity index (χ2v) is 5.68. The van der Waals surface area contributed by atoms with E-state index in [1.54, 1.807) is 7.05 Å². The van der Waals surface area contributed by atoms with Crippen LogP contribution in [-0.4, -0.2) is 24.5 Å². The SMILES string of the molecule is CCC(C)(C)CNC(=O)c1sc(NC)nc1N. The van der Waals surface area contributed by atoms with Gasteiger partial charge in [-0.05, 0) is 11.8 Å². The molecule has 1 heterocycles. The van der Waals surface area contributed by atoms with Crippen molar-refractivity contribution in [3.05, 3.63) is 4.88 Å². The van der Waals surface area contributed by atoms with E-state index in [1.165, 1.54) is 11.3 Å². The summed E-state index contributed by atoms with van der Waals surface area (Å²) in [5.41, 5.74) is 5.79. The van der Waals surface area contributed by atoms with E-state index in [1.807, 2.05) is 0 Å². The van der Waals surface area contributed by atoms with E-state index >= 15 is 0 Å². The molecule has 0 aliphatic heterocycles. The van der Waals surface area contributed by atoms with Crippen LogP contribution in [0, 0.1) is 5.41 Å². The molecule has 1 aromatic rings. The molecular formula is C11H20N4OS. The Kier molecular flexibility index (Phi) is 4.34. The Balaban J connectivity index is 2.67. The number of nitrogens with zero attached hydrogens (tertiary/aromatic N) is 1. The first-order chi connectivity index (χ1) is 7.89. The molecule has 1 amide bonds. The molecule has 5 nitrogen and oxygen atoms in total. The molecular weight excluding hydrogens is 236 g/mol. The van der Waals surface area contributed by atoms with Crippen LogP contribution >= 0.6 is 11.3 Å². The molecule has 0 aliphatic carbocycles. The van der Waals surface area contributed by atoms with Crippen molar-refractivity contribution in [3.8, 4) is 0 Å². The highest BCUT2D eigenvalue weighted by Gasteiger charge is 2.20. The Hall–Kier alpha value is -1.30. The minimum Gasteiger partial charge on any atom is -0.382 e. The Bertz CT molecular complexity index is 400. The normalized spacial score (nSPS) is 11.3. The summed E-state index contributed by atoms with van der Waals surface area (Å²) in [6.07, 6.45) is 1.01. The van der Waals surface area contributed by atoms with E-state index in [0.29, 0.717) is 16.6 Å². The van der Waals surface area contributed by atoms with Gasteiger partial charge >= 0.3 is 0 Å². The Labute approximate surface area is 106 Å². The number of anilines is 2. The molecule has 1 aromatic heterocycles. The summed E-state index contributed by atoms with van der Waals surface area (Å²) in [4.78, 5) is 16.4. The number of thiazole rings is 1. The molecule has 0 bridgehead atoms. The molecule has 0 aliphatic rings. The minimum absolute atomic E-state index is 0.0982. The van der Waals surface area contributed by atoms with Crippen LogP contribution in [0.25, 0.3) is 0 Å². The number of carbonyl (C=O) groups excluding carboxylic acids is 1. The molecule has 17 heavy (non-hydrogen) atoms. The minimum atomic E-state index is -0.150. The van der Waals surface area contributed by atoms with Crippen LogP contribution in [-0.2, 0) is 0 Å². The number of amides is 1. The molecule has 1 rings (SSSR count). The Morgan fingerprint density at radius 1 is 1.53 bits per heavy atom. The maximum absolute atomic E-state index is 11.9. The van der Waals surface area contributed by atoms with Gasteiger partial charge in [0.05, 0.1) is 0 Å². The third kappa shape index (κ3) is 3.59. The van der Waals surface area contributed by atoms with Gasteiger partial charge in [0.2, 0.25) is 0 Å². The molecule has 96 valence electrons. The number of hydrogen-bond donors (Lipinski definition) is 3. The maximum Gasteiger partial charge on any atom is 0.265 e. The first-order valence-electron chi connectivity index (χ1n) is 5.62. The summed E-state index contributed by atoms with van der Waals surface area (Å²) in [5.74, 6) is 0.133. The van der Waals surface area contributed by atoms with Crippen LogP contribution in [0.15, 0.2) is 0 Å². The van der Waals surface area contributed by atoms with Crippen molar-refractivity contribution in [1.82, 2.24) is 10.3 Å². The van der Waals surface area contributed by atoms with Gasteiger partial charge in [0, 0.05) is 13.6 Å². The lowest BCUT2D eigenvalue weighted by Crippen LogP contribution is -2.33. The molecule has 0 spiro atoms. The quantitative estimate of drug-likeness (QED) is 0.752. The van der Waals surface area contributed by atoms with Crippen LogP contribution in [0.2, 0.25) is 0 Å². The summed E-state index contributed by atoms with van der Waals surface area (Å²) in [5, 5.41) is 6.42. The molecule has 6 heteroatoms. The topological polar surface area (TPSA) is 80.0 Å². The zero-order valence-electron chi connectivity index (χ0n) is 10.8. The van der Waals surface area contributed by atoms with Gasteiger partial charge in [0.1, 0.15) is 10.7 Å². The van der Waals surface area contributed by atoms with Gasteiger partial charge in [0.25, 0.3) is 5.91 Å². The van der Waals surface area contributed by atoms with Crippen LogP contribution in [0.1, 0.15) is 36.9 Å². The average molecular weight is 256 g/mol. The molecule has 0 unspecified atom stereocenters. The van der Waals surface area contributed by atoms with Crippen LogP contribution in [0.3, 0.4) is 0 Å². The first-order valence-corrected chi connectivity index (χ1v) is 6.43. The van der Waals surface area contributed by atoms with Crippen molar-refractivity contribution in [2.75, 3.05) is 24.6 Å².